The fourth-order valence-corrected chi connectivity index (χ4v) is 2.00. The van der Waals surface area contributed by atoms with Gasteiger partial charge in [-0.25, -0.2) is 0 Å². The number of phenols is 1. The molecule has 1 aromatic rings. The summed E-state index contributed by atoms with van der Waals surface area (Å²) < 4.78 is 0. The van der Waals surface area contributed by atoms with E-state index in [-0.39, 0.29) is 5.75 Å². The van der Waals surface area contributed by atoms with E-state index >= 15 is 0 Å². The summed E-state index contributed by atoms with van der Waals surface area (Å²) in [5.41, 5.74) is 1.47. The lowest BCUT2D eigenvalue weighted by molar-refractivity contribution is 0.470. The highest BCUT2D eigenvalue weighted by molar-refractivity contribution is 7.15. The second kappa shape index (κ2) is 3.83. The van der Waals surface area contributed by atoms with Crippen molar-refractivity contribution in [2.45, 2.75) is 13.1 Å². The van der Waals surface area contributed by atoms with Crippen molar-refractivity contribution < 1.29 is 5.11 Å². The number of aromatic hydroxyl groups is 1. The monoisotopic (exact) mass is 222 g/mol. The number of phenolic OH excluding ortho intramolecular Hbond substituents is 1. The Kier molecular flexibility index (Phi) is 3.22. The summed E-state index contributed by atoms with van der Waals surface area (Å²) in [6.07, 6.45) is 0.602. The van der Waals surface area contributed by atoms with Gasteiger partial charge >= 0.3 is 0 Å². The number of aryl methyl sites for hydroxylation is 1. The van der Waals surface area contributed by atoms with E-state index in [2.05, 4.69) is 9.24 Å². The summed E-state index contributed by atoms with van der Waals surface area (Å²) >= 11 is 11.8. The van der Waals surface area contributed by atoms with Crippen LogP contribution in [-0.2, 0) is 6.16 Å². The summed E-state index contributed by atoms with van der Waals surface area (Å²) in [7, 11) is 2.50. The Morgan fingerprint density at radius 1 is 1.42 bits per heavy atom. The summed E-state index contributed by atoms with van der Waals surface area (Å²) in [6, 6.07) is 1.62. The largest absolute Gasteiger partial charge is 0.508 e. The first-order valence-electron chi connectivity index (χ1n) is 3.44. The number of hydrogen-bond acceptors (Lipinski definition) is 1. The molecule has 0 bridgehead atoms. The van der Waals surface area contributed by atoms with Crippen LogP contribution in [0.25, 0.3) is 0 Å². The molecule has 0 spiro atoms. The zero-order valence-corrected chi connectivity index (χ0v) is 9.23. The highest BCUT2D eigenvalue weighted by Gasteiger charge is 2.10. The van der Waals surface area contributed by atoms with Crippen LogP contribution < -0.4 is 0 Å². The minimum Gasteiger partial charge on any atom is -0.508 e. The number of rotatable bonds is 1. The fourth-order valence-electron chi connectivity index (χ4n) is 0.968. The molecule has 1 unspecified atom stereocenters. The lowest BCUT2D eigenvalue weighted by Crippen LogP contribution is -1.86. The predicted molar refractivity (Wildman–Crippen MR) is 56.3 cm³/mol. The van der Waals surface area contributed by atoms with E-state index in [1.54, 1.807) is 13.0 Å². The molecule has 0 aliphatic rings. The van der Waals surface area contributed by atoms with Gasteiger partial charge in [-0.15, -0.1) is 9.24 Å². The molecule has 0 radical (unpaired) electrons. The van der Waals surface area contributed by atoms with Crippen molar-refractivity contribution in [2.75, 3.05) is 0 Å². The lowest BCUT2D eigenvalue weighted by atomic mass is 10.1. The van der Waals surface area contributed by atoms with Crippen LogP contribution in [0.15, 0.2) is 6.07 Å². The first-order valence-corrected chi connectivity index (χ1v) is 5.01. The van der Waals surface area contributed by atoms with Crippen molar-refractivity contribution in [1.29, 1.82) is 0 Å². The molecule has 4 heteroatoms. The third kappa shape index (κ3) is 1.69. The van der Waals surface area contributed by atoms with E-state index in [0.717, 1.165) is 5.56 Å². The number of hydrogen-bond donors (Lipinski definition) is 1. The van der Waals surface area contributed by atoms with Crippen molar-refractivity contribution in [2.24, 2.45) is 0 Å². The molecule has 1 atom stereocenters. The van der Waals surface area contributed by atoms with Crippen molar-refractivity contribution in [3.8, 4) is 5.75 Å². The Balaban J connectivity index is 3.40. The highest BCUT2D eigenvalue weighted by Crippen LogP contribution is 2.36. The van der Waals surface area contributed by atoms with Crippen LogP contribution in [-0.4, -0.2) is 5.11 Å². The molecule has 0 aromatic heterocycles. The SMILES string of the molecule is Cc1cc(O)c(CP)c(Cl)c1Cl. The van der Waals surface area contributed by atoms with Crippen LogP contribution in [0.2, 0.25) is 10.0 Å². The van der Waals surface area contributed by atoms with E-state index < -0.39 is 0 Å². The van der Waals surface area contributed by atoms with Crippen LogP contribution in [0, 0.1) is 6.92 Å². The smallest absolute Gasteiger partial charge is 0.120 e. The third-order valence-corrected chi connectivity index (χ3v) is 3.08. The summed E-state index contributed by atoms with van der Waals surface area (Å²) in [6.45, 7) is 1.81. The molecule has 0 amide bonds. The topological polar surface area (TPSA) is 20.2 Å². The van der Waals surface area contributed by atoms with Crippen LogP contribution in [0.1, 0.15) is 11.1 Å². The standard InChI is InChI=1S/C8H9Cl2OP/c1-4-2-6(11)5(3-12)8(10)7(4)9/h2,11H,3,12H2,1H3. The summed E-state index contributed by atoms with van der Waals surface area (Å²) in [4.78, 5) is 0. The molecular formula is C8H9Cl2OP. The molecule has 1 N–H and O–H groups in total. The van der Waals surface area contributed by atoms with Gasteiger partial charge in [0.15, 0.2) is 0 Å². The van der Waals surface area contributed by atoms with Gasteiger partial charge in [0, 0.05) is 5.56 Å². The molecule has 1 rings (SSSR count). The summed E-state index contributed by atoms with van der Waals surface area (Å²) in [5.74, 6) is 0.205. The van der Waals surface area contributed by atoms with Gasteiger partial charge in [-0.05, 0) is 24.7 Å². The zero-order valence-electron chi connectivity index (χ0n) is 6.56. The van der Waals surface area contributed by atoms with E-state index in [4.69, 9.17) is 23.2 Å². The number of benzene rings is 1. The minimum absolute atomic E-state index is 0.205. The van der Waals surface area contributed by atoms with Gasteiger partial charge in [-0.1, -0.05) is 23.2 Å². The molecule has 1 aromatic carbocycles. The molecule has 0 fully saturated rings. The average Bonchev–Trinajstić information content (AvgIpc) is 2.01. The van der Waals surface area contributed by atoms with Gasteiger partial charge in [0.25, 0.3) is 0 Å². The van der Waals surface area contributed by atoms with E-state index in [9.17, 15) is 5.11 Å². The second-order valence-corrected chi connectivity index (χ2v) is 3.69. The van der Waals surface area contributed by atoms with Gasteiger partial charge in [0.1, 0.15) is 5.75 Å². The van der Waals surface area contributed by atoms with Gasteiger partial charge in [-0.2, -0.15) is 0 Å². The molecule has 12 heavy (non-hydrogen) atoms. The Labute approximate surface area is 83.9 Å². The maximum Gasteiger partial charge on any atom is 0.120 e. The average molecular weight is 223 g/mol. The Morgan fingerprint density at radius 3 is 2.50 bits per heavy atom. The van der Waals surface area contributed by atoms with E-state index in [1.807, 2.05) is 0 Å². The van der Waals surface area contributed by atoms with Crippen molar-refractivity contribution >= 4 is 32.4 Å². The van der Waals surface area contributed by atoms with Crippen molar-refractivity contribution in [1.82, 2.24) is 0 Å². The lowest BCUT2D eigenvalue weighted by Gasteiger charge is -2.08. The van der Waals surface area contributed by atoms with Crippen LogP contribution in [0.5, 0.6) is 5.75 Å². The maximum atomic E-state index is 9.44. The first kappa shape index (κ1) is 10.1. The van der Waals surface area contributed by atoms with Gasteiger partial charge in [0.2, 0.25) is 0 Å². The molecule has 0 aliphatic heterocycles. The predicted octanol–water partition coefficient (Wildman–Crippen LogP) is 3.38. The van der Waals surface area contributed by atoms with Crippen molar-refractivity contribution in [3.05, 3.63) is 27.2 Å². The zero-order chi connectivity index (χ0) is 9.30. The van der Waals surface area contributed by atoms with Gasteiger partial charge in [0.05, 0.1) is 10.0 Å². The normalized spacial score (nSPS) is 10.3. The van der Waals surface area contributed by atoms with Crippen LogP contribution in [0.4, 0.5) is 0 Å². The van der Waals surface area contributed by atoms with Gasteiger partial charge < -0.3 is 5.11 Å². The van der Waals surface area contributed by atoms with Crippen LogP contribution >= 0.6 is 32.4 Å². The Morgan fingerprint density at radius 2 is 2.00 bits per heavy atom. The fraction of sp³-hybridized carbons (Fsp3) is 0.250. The molecule has 0 aliphatic carbocycles. The molecular weight excluding hydrogens is 214 g/mol. The minimum atomic E-state index is 0.205. The maximum absolute atomic E-state index is 9.44. The number of halogens is 2. The quantitative estimate of drug-likeness (QED) is 0.723. The molecule has 0 heterocycles. The highest BCUT2D eigenvalue weighted by atomic mass is 35.5. The van der Waals surface area contributed by atoms with E-state index in [0.29, 0.717) is 21.8 Å². The van der Waals surface area contributed by atoms with Crippen LogP contribution in [0.3, 0.4) is 0 Å². The molecule has 0 saturated carbocycles. The molecule has 66 valence electrons. The Bertz CT molecular complexity index is 312. The van der Waals surface area contributed by atoms with Crippen molar-refractivity contribution in [3.63, 3.8) is 0 Å². The second-order valence-electron chi connectivity index (χ2n) is 2.52. The Hall–Kier alpha value is 0.0300. The van der Waals surface area contributed by atoms with E-state index in [1.165, 1.54) is 0 Å². The molecule has 0 saturated heterocycles. The molecule has 1 nitrogen and oxygen atoms in total. The summed E-state index contributed by atoms with van der Waals surface area (Å²) in [5, 5.41) is 10.4. The first-order chi connectivity index (χ1) is 5.57. The third-order valence-electron chi connectivity index (χ3n) is 1.67. The van der Waals surface area contributed by atoms with Gasteiger partial charge in [-0.3, -0.25) is 0 Å².